The summed E-state index contributed by atoms with van der Waals surface area (Å²) in [6.07, 6.45) is 5.46. The molecule has 0 aliphatic carbocycles. The minimum absolute atomic E-state index is 0. The van der Waals surface area contributed by atoms with Crippen LogP contribution in [0.5, 0.6) is 0 Å². The van der Waals surface area contributed by atoms with Crippen molar-refractivity contribution in [1.29, 1.82) is 0 Å². The Labute approximate surface area is 199 Å². The Morgan fingerprint density at radius 1 is 0.774 bits per heavy atom. The second-order valence-electron chi connectivity index (χ2n) is 7.60. The quantitative estimate of drug-likeness (QED) is 0.338. The molecule has 0 saturated carbocycles. The van der Waals surface area contributed by atoms with Crippen molar-refractivity contribution < 1.29 is 4.74 Å². The molecule has 5 heteroatoms. The van der Waals surface area contributed by atoms with E-state index in [1.807, 2.05) is 0 Å². The summed E-state index contributed by atoms with van der Waals surface area (Å²) >= 11 is 3.49. The second-order valence-corrected chi connectivity index (χ2v) is 8.51. The van der Waals surface area contributed by atoms with Crippen molar-refractivity contribution in [3.05, 3.63) is 118 Å². The highest BCUT2D eigenvalue weighted by Gasteiger charge is 2.19. The van der Waals surface area contributed by atoms with Crippen LogP contribution in [-0.2, 0) is 17.8 Å². The number of nitrogens with zero attached hydrogens (tertiary/aromatic N) is 2. The second kappa shape index (κ2) is 11.9. The molecule has 0 aromatic heterocycles. The molecule has 0 radical (unpaired) electrons. The maximum atomic E-state index is 6.37. The van der Waals surface area contributed by atoms with Gasteiger partial charge in [-0.25, -0.2) is 0 Å². The maximum absolute atomic E-state index is 6.37. The minimum Gasteiger partial charge on any atom is -0.367 e. The van der Waals surface area contributed by atoms with E-state index in [9.17, 15) is 0 Å². The summed E-state index contributed by atoms with van der Waals surface area (Å²) in [5.74, 6) is 0. The van der Waals surface area contributed by atoms with Gasteiger partial charge in [-0.15, -0.1) is 12.4 Å². The standard InChI is InChI=1S/C26H27BrN2O.ClH/c27-25-13-11-23(12-14-25)20-30-26(24-9-5-2-6-10-24)19-29-18-17-28(21-29)16-15-22-7-3-1-4-8-22;/h1-14,17-18,26H,15-16,19-21H2;1H. The van der Waals surface area contributed by atoms with Crippen molar-refractivity contribution in [2.75, 3.05) is 19.8 Å². The molecule has 0 saturated heterocycles. The van der Waals surface area contributed by atoms with E-state index in [0.717, 1.165) is 30.7 Å². The molecule has 0 N–H and O–H groups in total. The zero-order chi connectivity index (χ0) is 20.6. The molecule has 1 atom stereocenters. The number of ether oxygens (including phenoxy) is 1. The van der Waals surface area contributed by atoms with Crippen LogP contribution in [-0.4, -0.2) is 29.6 Å². The van der Waals surface area contributed by atoms with E-state index in [1.165, 1.54) is 16.7 Å². The lowest BCUT2D eigenvalue weighted by atomic mass is 10.1. The van der Waals surface area contributed by atoms with Crippen LogP contribution in [0.2, 0.25) is 0 Å². The number of hydrogen-bond donors (Lipinski definition) is 0. The lowest BCUT2D eigenvalue weighted by Gasteiger charge is -2.26. The Hall–Kier alpha value is -2.27. The number of benzene rings is 3. The first-order chi connectivity index (χ1) is 14.8. The zero-order valence-electron chi connectivity index (χ0n) is 17.4. The van der Waals surface area contributed by atoms with E-state index in [0.29, 0.717) is 6.61 Å². The molecule has 1 unspecified atom stereocenters. The molecular weight excluding hydrogens is 472 g/mol. The molecule has 0 spiro atoms. The molecule has 0 bridgehead atoms. The van der Waals surface area contributed by atoms with Gasteiger partial charge in [0.05, 0.1) is 13.3 Å². The lowest BCUT2D eigenvalue weighted by Crippen LogP contribution is -2.30. The van der Waals surface area contributed by atoms with Crippen molar-refractivity contribution in [3.63, 3.8) is 0 Å². The van der Waals surface area contributed by atoms with E-state index in [1.54, 1.807) is 0 Å². The molecule has 1 aliphatic rings. The van der Waals surface area contributed by atoms with Crippen LogP contribution in [0.25, 0.3) is 0 Å². The van der Waals surface area contributed by atoms with E-state index in [4.69, 9.17) is 4.74 Å². The predicted octanol–water partition coefficient (Wildman–Crippen LogP) is 6.42. The molecule has 4 rings (SSSR count). The molecule has 3 aromatic rings. The minimum atomic E-state index is 0. The van der Waals surface area contributed by atoms with Gasteiger partial charge in [-0.05, 0) is 35.2 Å². The first-order valence-corrected chi connectivity index (χ1v) is 11.2. The van der Waals surface area contributed by atoms with Crippen molar-refractivity contribution in [3.8, 4) is 0 Å². The highest BCUT2D eigenvalue weighted by atomic mass is 79.9. The Morgan fingerprint density at radius 3 is 2.13 bits per heavy atom. The highest BCUT2D eigenvalue weighted by molar-refractivity contribution is 9.10. The summed E-state index contributed by atoms with van der Waals surface area (Å²) in [5.41, 5.74) is 3.77. The third-order valence-electron chi connectivity index (χ3n) is 5.32. The molecule has 31 heavy (non-hydrogen) atoms. The van der Waals surface area contributed by atoms with Crippen LogP contribution >= 0.6 is 28.3 Å². The zero-order valence-corrected chi connectivity index (χ0v) is 19.8. The Kier molecular flexibility index (Phi) is 9.01. The Morgan fingerprint density at radius 2 is 1.42 bits per heavy atom. The van der Waals surface area contributed by atoms with Crippen LogP contribution in [0.3, 0.4) is 0 Å². The Balaban J connectivity index is 0.00000272. The van der Waals surface area contributed by atoms with Gasteiger partial charge in [-0.2, -0.15) is 0 Å². The predicted molar refractivity (Wildman–Crippen MR) is 133 cm³/mol. The monoisotopic (exact) mass is 498 g/mol. The third-order valence-corrected chi connectivity index (χ3v) is 5.85. The summed E-state index contributed by atoms with van der Waals surface area (Å²) in [6.45, 7) is 3.35. The smallest absolute Gasteiger partial charge is 0.100 e. The molecular formula is C26H28BrClN2O. The fourth-order valence-corrected chi connectivity index (χ4v) is 3.87. The van der Waals surface area contributed by atoms with Gasteiger partial charge in [0.2, 0.25) is 0 Å². The summed E-state index contributed by atoms with van der Waals surface area (Å²) in [7, 11) is 0. The van der Waals surface area contributed by atoms with Gasteiger partial charge >= 0.3 is 0 Å². The third kappa shape index (κ3) is 7.13. The lowest BCUT2D eigenvalue weighted by molar-refractivity contribution is 0.0196. The maximum Gasteiger partial charge on any atom is 0.100 e. The molecule has 1 aliphatic heterocycles. The summed E-state index contributed by atoms with van der Waals surface area (Å²) < 4.78 is 7.46. The van der Waals surface area contributed by atoms with Gasteiger partial charge in [-0.3, -0.25) is 0 Å². The average Bonchev–Trinajstić information content (AvgIpc) is 3.25. The molecule has 1 heterocycles. The van der Waals surface area contributed by atoms with Gasteiger partial charge in [0.15, 0.2) is 0 Å². The highest BCUT2D eigenvalue weighted by Crippen LogP contribution is 2.23. The van der Waals surface area contributed by atoms with Crippen molar-refractivity contribution in [2.45, 2.75) is 19.1 Å². The van der Waals surface area contributed by atoms with Gasteiger partial charge < -0.3 is 14.5 Å². The molecule has 0 fully saturated rings. The van der Waals surface area contributed by atoms with Gasteiger partial charge in [0.1, 0.15) is 6.10 Å². The van der Waals surface area contributed by atoms with E-state index in [2.05, 4.69) is 123 Å². The van der Waals surface area contributed by atoms with Gasteiger partial charge in [0, 0.05) is 30.0 Å². The summed E-state index contributed by atoms with van der Waals surface area (Å²) in [5, 5.41) is 0. The van der Waals surface area contributed by atoms with Crippen LogP contribution in [0.15, 0.2) is 102 Å². The number of hydrogen-bond acceptors (Lipinski definition) is 3. The normalized spacial score (nSPS) is 13.8. The SMILES string of the molecule is Brc1ccc(COC(CN2C=CN(CCc3ccccc3)C2)c2ccccc2)cc1.Cl. The van der Waals surface area contributed by atoms with Crippen LogP contribution in [0.4, 0.5) is 0 Å². The van der Waals surface area contributed by atoms with E-state index < -0.39 is 0 Å². The fourth-order valence-electron chi connectivity index (χ4n) is 3.61. The first-order valence-electron chi connectivity index (χ1n) is 10.4. The van der Waals surface area contributed by atoms with Crippen molar-refractivity contribution in [1.82, 2.24) is 9.80 Å². The number of rotatable bonds is 9. The van der Waals surface area contributed by atoms with Gasteiger partial charge in [0.25, 0.3) is 0 Å². The molecule has 162 valence electrons. The van der Waals surface area contributed by atoms with Crippen LogP contribution in [0, 0.1) is 0 Å². The molecule has 0 amide bonds. The number of halogens is 2. The summed E-state index contributed by atoms with van der Waals surface area (Å²) in [6, 6.07) is 29.5. The van der Waals surface area contributed by atoms with E-state index >= 15 is 0 Å². The first kappa shape index (κ1) is 23.4. The van der Waals surface area contributed by atoms with Crippen LogP contribution in [0.1, 0.15) is 22.8 Å². The van der Waals surface area contributed by atoms with Crippen molar-refractivity contribution in [2.24, 2.45) is 0 Å². The molecule has 3 nitrogen and oxygen atoms in total. The Bertz CT molecular complexity index is 935. The average molecular weight is 500 g/mol. The van der Waals surface area contributed by atoms with Crippen LogP contribution < -0.4 is 0 Å². The van der Waals surface area contributed by atoms with Gasteiger partial charge in [-0.1, -0.05) is 88.7 Å². The largest absolute Gasteiger partial charge is 0.367 e. The summed E-state index contributed by atoms with van der Waals surface area (Å²) in [4.78, 5) is 4.70. The fraction of sp³-hybridized carbons (Fsp3) is 0.231. The topological polar surface area (TPSA) is 15.7 Å². The van der Waals surface area contributed by atoms with Crippen molar-refractivity contribution >= 4 is 28.3 Å². The van der Waals surface area contributed by atoms with E-state index in [-0.39, 0.29) is 18.5 Å². The molecule has 3 aromatic carbocycles.